The number of esters is 1. The van der Waals surface area contributed by atoms with E-state index in [1.807, 2.05) is 13.0 Å². The predicted octanol–water partition coefficient (Wildman–Crippen LogP) is 5.82. The molecule has 0 amide bonds. The first-order valence-corrected chi connectivity index (χ1v) is 9.39. The second kappa shape index (κ2) is 10.4. The lowest BCUT2D eigenvalue weighted by Crippen LogP contribution is -2.20. The third kappa shape index (κ3) is 8.33. The molecular formula is C22H35NO2. The van der Waals surface area contributed by atoms with Crippen LogP contribution in [0.5, 0.6) is 0 Å². The number of hydrogen-bond acceptors (Lipinski definition) is 3. The first-order valence-electron chi connectivity index (χ1n) is 9.39. The van der Waals surface area contributed by atoms with Crippen LogP contribution in [0.15, 0.2) is 39.9 Å². The van der Waals surface area contributed by atoms with Crippen LogP contribution in [0.3, 0.4) is 0 Å². The van der Waals surface area contributed by atoms with Crippen LogP contribution in [0.1, 0.15) is 73.6 Å². The number of carbonyl (C=O) groups excluding carboxylic acids is 1. The van der Waals surface area contributed by atoms with Gasteiger partial charge in [-0.15, -0.1) is 0 Å². The summed E-state index contributed by atoms with van der Waals surface area (Å²) in [6.07, 6.45) is 12.4. The Morgan fingerprint density at radius 1 is 1.28 bits per heavy atom. The molecule has 1 aliphatic carbocycles. The van der Waals surface area contributed by atoms with Gasteiger partial charge in [-0.2, -0.15) is 0 Å². The van der Waals surface area contributed by atoms with Crippen LogP contribution >= 0.6 is 0 Å². The fraction of sp³-hybridized carbons (Fsp3) is 0.636. The predicted molar refractivity (Wildman–Crippen MR) is 107 cm³/mol. The quantitative estimate of drug-likeness (QED) is 0.183. The molecule has 3 nitrogen and oxygen atoms in total. The molecule has 0 unspecified atom stereocenters. The van der Waals surface area contributed by atoms with Gasteiger partial charge in [0, 0.05) is 12.6 Å². The Hall–Kier alpha value is -1.64. The lowest BCUT2D eigenvalue weighted by atomic mass is 9.71. The van der Waals surface area contributed by atoms with Crippen molar-refractivity contribution in [3.05, 3.63) is 34.9 Å². The number of aliphatic imine (C=N–C) groups is 1. The molecule has 0 aromatic carbocycles. The topological polar surface area (TPSA) is 38.7 Å². The number of hydrogen-bond donors (Lipinski definition) is 0. The van der Waals surface area contributed by atoms with Crippen molar-refractivity contribution in [2.24, 2.45) is 10.4 Å². The average Bonchev–Trinajstić information content (AvgIpc) is 2.50. The van der Waals surface area contributed by atoms with E-state index in [2.05, 4.69) is 44.8 Å². The Morgan fingerprint density at radius 2 is 2.00 bits per heavy atom. The number of ether oxygens (including phenoxy) is 1. The normalized spacial score (nSPS) is 18.8. The van der Waals surface area contributed by atoms with Gasteiger partial charge in [0.15, 0.2) is 0 Å². The Labute approximate surface area is 153 Å². The Bertz CT molecular complexity index is 577. The highest BCUT2D eigenvalue weighted by Crippen LogP contribution is 2.42. The molecule has 140 valence electrons. The second-order valence-corrected chi connectivity index (χ2v) is 7.73. The zero-order chi connectivity index (χ0) is 18.9. The zero-order valence-corrected chi connectivity index (χ0v) is 16.9. The molecule has 3 heteroatoms. The van der Waals surface area contributed by atoms with Crippen LogP contribution in [0.2, 0.25) is 0 Å². The first-order chi connectivity index (χ1) is 11.7. The van der Waals surface area contributed by atoms with Gasteiger partial charge in [0.2, 0.25) is 0 Å². The molecule has 0 fully saturated rings. The van der Waals surface area contributed by atoms with E-state index >= 15 is 0 Å². The molecule has 0 heterocycles. The van der Waals surface area contributed by atoms with Gasteiger partial charge >= 0.3 is 5.97 Å². The second-order valence-electron chi connectivity index (χ2n) is 7.73. The summed E-state index contributed by atoms with van der Waals surface area (Å²) in [6.45, 7) is 13.5. The minimum Gasteiger partial charge on any atom is -0.464 e. The Kier molecular flexibility index (Phi) is 8.88. The smallest absolute Gasteiger partial charge is 0.302 e. The maximum absolute atomic E-state index is 10.7. The minimum absolute atomic E-state index is 0.256. The Balaban J connectivity index is 2.47. The van der Waals surface area contributed by atoms with E-state index in [9.17, 15) is 4.79 Å². The largest absolute Gasteiger partial charge is 0.464 e. The maximum atomic E-state index is 10.7. The fourth-order valence-electron chi connectivity index (χ4n) is 3.45. The molecule has 0 bridgehead atoms. The molecule has 1 aliphatic rings. The number of allylic oxidation sites excluding steroid dienone is 6. The van der Waals surface area contributed by atoms with Crippen molar-refractivity contribution < 1.29 is 9.53 Å². The number of nitrogens with zero attached hydrogens (tertiary/aromatic N) is 1. The minimum atomic E-state index is -0.256. The van der Waals surface area contributed by atoms with E-state index in [1.165, 1.54) is 38.2 Å². The molecule has 25 heavy (non-hydrogen) atoms. The van der Waals surface area contributed by atoms with Gasteiger partial charge in [0.25, 0.3) is 0 Å². The van der Waals surface area contributed by atoms with Crippen LogP contribution in [-0.4, -0.2) is 24.8 Å². The summed E-state index contributed by atoms with van der Waals surface area (Å²) in [7, 11) is 0. The van der Waals surface area contributed by atoms with E-state index in [-0.39, 0.29) is 5.97 Å². The van der Waals surface area contributed by atoms with Gasteiger partial charge in [-0.05, 0) is 64.4 Å². The molecule has 0 saturated carbocycles. The number of carbonyl (C=O) groups is 1. The van der Waals surface area contributed by atoms with Gasteiger partial charge in [0.05, 0.1) is 6.54 Å². The SMILES string of the molecule is CC(=O)OCCN=C(C)C=CC=C(C)CCC1=C(C)CCCC1(C)C. The van der Waals surface area contributed by atoms with E-state index in [0.717, 1.165) is 12.1 Å². The fourth-order valence-corrected chi connectivity index (χ4v) is 3.45. The van der Waals surface area contributed by atoms with Gasteiger partial charge in [-0.1, -0.05) is 42.7 Å². The third-order valence-corrected chi connectivity index (χ3v) is 4.93. The van der Waals surface area contributed by atoms with Crippen molar-refractivity contribution in [1.29, 1.82) is 0 Å². The van der Waals surface area contributed by atoms with Crippen molar-refractivity contribution in [2.75, 3.05) is 13.2 Å². The van der Waals surface area contributed by atoms with Gasteiger partial charge < -0.3 is 4.74 Å². The van der Waals surface area contributed by atoms with Crippen molar-refractivity contribution in [3.63, 3.8) is 0 Å². The summed E-state index contributed by atoms with van der Waals surface area (Å²) >= 11 is 0. The lowest BCUT2D eigenvalue weighted by molar-refractivity contribution is -0.140. The van der Waals surface area contributed by atoms with E-state index in [0.29, 0.717) is 18.6 Å². The number of rotatable bonds is 8. The standard InChI is InChI=1S/C22H35NO2/c1-17(9-7-11-19(3)23-15-16-25-20(4)24)12-13-21-18(2)10-8-14-22(21,5)6/h7,9,11H,8,10,12-16H2,1-6H3. The Morgan fingerprint density at radius 3 is 2.64 bits per heavy atom. The molecule has 0 radical (unpaired) electrons. The molecule has 0 aromatic heterocycles. The van der Waals surface area contributed by atoms with Crippen LogP contribution < -0.4 is 0 Å². The molecule has 0 saturated heterocycles. The first kappa shape index (κ1) is 21.4. The van der Waals surface area contributed by atoms with E-state index < -0.39 is 0 Å². The highest BCUT2D eigenvalue weighted by Gasteiger charge is 2.27. The van der Waals surface area contributed by atoms with Gasteiger partial charge in [0.1, 0.15) is 6.61 Å². The third-order valence-electron chi connectivity index (χ3n) is 4.93. The lowest BCUT2D eigenvalue weighted by Gasteiger charge is -2.34. The molecule has 0 aliphatic heterocycles. The summed E-state index contributed by atoms with van der Waals surface area (Å²) in [4.78, 5) is 15.0. The summed E-state index contributed by atoms with van der Waals surface area (Å²) in [5.74, 6) is -0.256. The zero-order valence-electron chi connectivity index (χ0n) is 16.9. The molecule has 1 rings (SSSR count). The molecule has 0 atom stereocenters. The summed E-state index contributed by atoms with van der Waals surface area (Å²) in [5.41, 5.74) is 5.98. The highest BCUT2D eigenvalue weighted by molar-refractivity contribution is 5.92. The van der Waals surface area contributed by atoms with Crippen LogP contribution in [-0.2, 0) is 9.53 Å². The monoisotopic (exact) mass is 345 g/mol. The molecule has 0 N–H and O–H groups in total. The summed E-state index contributed by atoms with van der Waals surface area (Å²) in [5, 5.41) is 0. The van der Waals surface area contributed by atoms with Crippen molar-refractivity contribution in [2.45, 2.75) is 73.6 Å². The van der Waals surface area contributed by atoms with Crippen LogP contribution in [0, 0.1) is 5.41 Å². The van der Waals surface area contributed by atoms with Crippen LogP contribution in [0.4, 0.5) is 0 Å². The average molecular weight is 346 g/mol. The molecular weight excluding hydrogens is 310 g/mol. The van der Waals surface area contributed by atoms with Gasteiger partial charge in [-0.3, -0.25) is 9.79 Å². The highest BCUT2D eigenvalue weighted by atomic mass is 16.5. The van der Waals surface area contributed by atoms with E-state index in [1.54, 1.807) is 11.1 Å². The van der Waals surface area contributed by atoms with Crippen molar-refractivity contribution in [1.82, 2.24) is 0 Å². The van der Waals surface area contributed by atoms with Crippen molar-refractivity contribution >= 4 is 11.7 Å². The molecule has 0 spiro atoms. The van der Waals surface area contributed by atoms with Crippen LogP contribution in [0.25, 0.3) is 0 Å². The van der Waals surface area contributed by atoms with Gasteiger partial charge in [-0.25, -0.2) is 0 Å². The van der Waals surface area contributed by atoms with Crippen molar-refractivity contribution in [3.8, 4) is 0 Å². The molecule has 0 aromatic rings. The maximum Gasteiger partial charge on any atom is 0.302 e. The summed E-state index contributed by atoms with van der Waals surface area (Å²) < 4.78 is 4.86. The van der Waals surface area contributed by atoms with E-state index in [4.69, 9.17) is 4.74 Å². The summed E-state index contributed by atoms with van der Waals surface area (Å²) in [6, 6.07) is 0.